The molecule has 520 valence electrons. The fraction of sp³-hybridized carbons (Fsp3) is 0.559. The SMILES string of the molecule is C.C.C.C.C.C.CC(CC(C)(C)C)CP(=O)(O)CC(C)CC(C)(C)C.CCCCCCCCCCC(=O)[O-].F[P-](F)(F)(F)(F)F.O=C([O-])C(F)(F)F.[F-].[F][Sb]([F])([F])([F])[F].c1ccc2c(c1)O[B-]1(Oc3ccccc3-2)Oc2ccccc2-c2ccccc2O1. The van der Waals surface area contributed by atoms with E-state index in [4.69, 9.17) is 28.5 Å². The van der Waals surface area contributed by atoms with Crippen molar-refractivity contribution in [2.75, 3.05) is 12.3 Å². The minimum absolute atomic E-state index is 0. The predicted molar refractivity (Wildman–Crippen MR) is 327 cm³/mol. The molecule has 1 spiro atoms. The molecule has 6 rings (SSSR count). The summed E-state index contributed by atoms with van der Waals surface area (Å²) >= 11 is -9.19. The van der Waals surface area contributed by atoms with Crippen LogP contribution in [0.15, 0.2) is 97.1 Å². The van der Waals surface area contributed by atoms with Gasteiger partial charge in [-0.3, -0.25) is 4.57 Å². The van der Waals surface area contributed by atoms with Gasteiger partial charge in [-0.25, -0.2) is 0 Å². The maximum absolute atomic E-state index is 12.4. The maximum Gasteiger partial charge on any atom is 0.777 e. The first-order valence-corrected chi connectivity index (χ1v) is 34.5. The average Bonchev–Trinajstić information content (AvgIpc) is 3.47. The summed E-state index contributed by atoms with van der Waals surface area (Å²) in [5.41, 5.74) is 4.19. The molecule has 0 bridgehead atoms. The molecule has 0 aliphatic carbocycles. The van der Waals surface area contributed by atoms with Crippen molar-refractivity contribution in [1.29, 1.82) is 0 Å². The molecule has 0 fully saturated rings. The second-order valence-corrected chi connectivity index (χ2v) is 30.0. The third-order valence-electron chi connectivity index (χ3n) is 10.8. The number of carboxylic acid groups (broad SMARTS) is 2. The van der Waals surface area contributed by atoms with Gasteiger partial charge in [0.15, 0.2) is 0 Å². The number of unbranched alkanes of at least 4 members (excludes halogenated alkanes) is 7. The van der Waals surface area contributed by atoms with Crippen molar-refractivity contribution in [3.63, 3.8) is 0 Å². The van der Waals surface area contributed by atoms with Crippen LogP contribution in [0.2, 0.25) is 0 Å². The molecule has 0 saturated heterocycles. The van der Waals surface area contributed by atoms with Crippen LogP contribution in [0.5, 0.6) is 23.0 Å². The number of halogens is 15. The number of carbonyl (C=O) groups excluding carboxylic acids is 2. The van der Waals surface area contributed by atoms with E-state index in [9.17, 15) is 71.8 Å². The van der Waals surface area contributed by atoms with Crippen molar-refractivity contribution in [3.05, 3.63) is 97.1 Å². The Morgan fingerprint density at radius 3 is 0.955 bits per heavy atom. The van der Waals surface area contributed by atoms with Crippen LogP contribution in [0.25, 0.3) is 22.3 Å². The number of fused-ring (bicyclic) bond motifs is 6. The van der Waals surface area contributed by atoms with Crippen molar-refractivity contribution in [1.82, 2.24) is 0 Å². The third-order valence-corrected chi connectivity index (χ3v) is 13.2. The standard InChI is InChI=1S/C24H16BO4.C16H35O2P.C11H22O2.C2HF3O2.6CH4.F6P.6FH.Sb/c1-5-13-21-17(9-1)18-10-2-6-14-22(18)27-25(26-21)28-23-15-7-3-11-19(23)20-12-4-8-16-24(20)29-25;1-13(9-15(3,4)5)11-19(17,18)12-14(2)10-16(6,7)8;1-2-3-4-5-6-7-8-9-10-11(12)13;3-2(4,5)1(6)7;;;;;;;1-7(2,3,4,5)6;;;;;;;/h1-16H;13-14H,9-12H2,1-8H3,(H,17,18);2-10H2,1H3,(H,12,13);(H,6,7);6*1H4;;6*1H;/q-1;;;;;;;;;;-1;;;;;;;+5/p-8. The minimum Gasteiger partial charge on any atom is -0.611 e. The molecule has 2 atom stereocenters. The zero-order valence-corrected chi connectivity index (χ0v) is 51.1. The third kappa shape index (κ3) is 49.3. The average molecular weight is 1440 g/mol. The van der Waals surface area contributed by atoms with Gasteiger partial charge in [0.25, 0.3) is 0 Å². The van der Waals surface area contributed by atoms with E-state index in [1.807, 2.05) is 97.1 Å². The summed E-state index contributed by atoms with van der Waals surface area (Å²) < 4.78 is 178. The van der Waals surface area contributed by atoms with Gasteiger partial charge in [0.1, 0.15) is 5.97 Å². The summed E-state index contributed by atoms with van der Waals surface area (Å²) in [7, 11) is -13.6. The quantitative estimate of drug-likeness (QED) is 0.0526. The van der Waals surface area contributed by atoms with Crippen molar-refractivity contribution in [3.8, 4) is 45.3 Å². The van der Waals surface area contributed by atoms with Crippen LogP contribution in [0.3, 0.4) is 0 Å². The first kappa shape index (κ1) is 97.1. The Labute approximate surface area is 518 Å². The zero-order valence-electron chi connectivity index (χ0n) is 46.8. The van der Waals surface area contributed by atoms with Crippen molar-refractivity contribution < 1.29 is 105 Å². The van der Waals surface area contributed by atoms with Crippen LogP contribution in [-0.4, -0.2) is 62.6 Å². The smallest absolute Gasteiger partial charge is 0.611 e. The molecule has 10 nitrogen and oxygen atoms in total. The van der Waals surface area contributed by atoms with E-state index in [2.05, 4.69) is 62.3 Å². The summed E-state index contributed by atoms with van der Waals surface area (Å²) in [5.74, 6) is -0.693. The van der Waals surface area contributed by atoms with Crippen LogP contribution < -0.4 is 33.5 Å². The van der Waals surface area contributed by atoms with Crippen molar-refractivity contribution in [2.45, 2.75) is 184 Å². The Balaban J connectivity index is -0.000000195. The number of alkyl halides is 3. The number of aliphatic carboxylic acids is 2. The first-order valence-electron chi connectivity index (χ1n) is 25.6. The first-order chi connectivity index (χ1) is 36.4. The Bertz CT molecular complexity index is 2420. The summed E-state index contributed by atoms with van der Waals surface area (Å²) in [5, 5.41) is 18.8. The fourth-order valence-electron chi connectivity index (χ4n) is 8.61. The van der Waals surface area contributed by atoms with E-state index >= 15 is 0 Å². The number of para-hydroxylation sites is 4. The van der Waals surface area contributed by atoms with Crippen molar-refractivity contribution >= 4 is 54.4 Å². The van der Waals surface area contributed by atoms with Crippen LogP contribution in [0.4, 0.5) is 52.4 Å². The zero-order chi connectivity index (χ0) is 62.6. The number of benzene rings is 4. The Morgan fingerprint density at radius 2 is 0.750 bits per heavy atom. The Kier molecular flexibility index (Phi) is 42.3. The maximum atomic E-state index is 12.4. The molecule has 0 saturated carbocycles. The van der Waals surface area contributed by atoms with E-state index in [-0.39, 0.29) is 66.5 Å². The predicted octanol–water partition coefficient (Wildman–Crippen LogP) is 18.6. The van der Waals surface area contributed by atoms with Crippen LogP contribution >= 0.6 is 15.2 Å². The molecule has 4 aromatic rings. The molecule has 2 aliphatic heterocycles. The monoisotopic (exact) mass is 1440 g/mol. The largest absolute Gasteiger partial charge is 0.777 e. The molecule has 29 heteroatoms. The van der Waals surface area contributed by atoms with Crippen LogP contribution in [0.1, 0.15) is 178 Å². The molecular weight excluding hydrogens is 1350 g/mol. The van der Waals surface area contributed by atoms with Gasteiger partial charge in [0, 0.05) is 40.5 Å². The van der Waals surface area contributed by atoms with Gasteiger partial charge >= 0.3 is 80.5 Å². The van der Waals surface area contributed by atoms with Gasteiger partial charge in [-0.15, -0.1) is 0 Å². The molecule has 0 radical (unpaired) electrons. The van der Waals surface area contributed by atoms with Crippen LogP contribution in [-0.2, 0) is 14.2 Å². The number of carbonyl (C=O) groups is 2. The van der Waals surface area contributed by atoms with Gasteiger partial charge in [0.2, 0.25) is 7.37 Å². The topological polar surface area (TPSA) is 154 Å². The number of hydrogen-bond acceptors (Lipinski definition) is 9. The van der Waals surface area contributed by atoms with Crippen LogP contribution in [0, 0.1) is 22.7 Å². The normalized spacial score (nSPS) is 14.8. The van der Waals surface area contributed by atoms with Gasteiger partial charge < -0.3 is 48.0 Å². The minimum atomic E-state index is -10.7. The van der Waals surface area contributed by atoms with E-state index in [1.54, 1.807) is 0 Å². The molecule has 88 heavy (non-hydrogen) atoms. The molecule has 2 aliphatic rings. The molecule has 1 N–H and O–H groups in total. The summed E-state index contributed by atoms with van der Waals surface area (Å²) in [6, 6.07) is 31.2. The van der Waals surface area contributed by atoms with Gasteiger partial charge in [-0.05, 0) is 72.6 Å². The number of carboxylic acids is 2. The molecule has 2 unspecified atom stereocenters. The van der Waals surface area contributed by atoms with E-state index in [1.165, 1.54) is 38.5 Å². The molecule has 0 amide bonds. The molecule has 0 aromatic heterocycles. The Hall–Kier alpha value is -4.53. The second-order valence-electron chi connectivity index (χ2n) is 22.0. The van der Waals surface area contributed by atoms with Gasteiger partial charge in [-0.1, -0.05) is 225 Å². The fourth-order valence-corrected chi connectivity index (χ4v) is 11.0. The van der Waals surface area contributed by atoms with E-state index in [0.717, 1.165) is 47.9 Å². The number of rotatable bonds is 15. The summed E-state index contributed by atoms with van der Waals surface area (Å²) in [6.45, 7) is 16.9. The van der Waals surface area contributed by atoms with E-state index < -0.39 is 60.6 Å². The summed E-state index contributed by atoms with van der Waals surface area (Å²) in [6.07, 6.45) is 7.50. The van der Waals surface area contributed by atoms with Gasteiger partial charge in [-0.2, -0.15) is 13.2 Å². The second kappa shape index (κ2) is 38.4. The molecule has 4 aromatic carbocycles. The summed E-state index contributed by atoms with van der Waals surface area (Å²) in [4.78, 5) is 29.1. The van der Waals surface area contributed by atoms with E-state index in [0.29, 0.717) is 47.2 Å². The number of hydrogen-bond donors (Lipinski definition) is 1. The van der Waals surface area contributed by atoms with Crippen molar-refractivity contribution in [2.24, 2.45) is 22.7 Å². The molecular formula is C59H96BF15O10P2Sb-5. The molecule has 2 heterocycles. The Morgan fingerprint density at radius 1 is 0.534 bits per heavy atom. The van der Waals surface area contributed by atoms with Gasteiger partial charge in [0.05, 0.1) is 23.0 Å².